The van der Waals surface area contributed by atoms with Gasteiger partial charge in [-0.2, -0.15) is 18.2 Å². The minimum Gasteiger partial charge on any atom is -0.495 e. The highest BCUT2D eigenvalue weighted by molar-refractivity contribution is 7.16. The fraction of sp³-hybridized carbons (Fsp3) is 0.300. The molecule has 29 heavy (non-hydrogen) atoms. The second-order valence-electron chi connectivity index (χ2n) is 6.04. The molecule has 0 aliphatic carbocycles. The zero-order valence-electron chi connectivity index (χ0n) is 15.8. The van der Waals surface area contributed by atoms with Crippen LogP contribution in [-0.2, 0) is 17.5 Å². The summed E-state index contributed by atoms with van der Waals surface area (Å²) in [5.74, 6) is -0.130. The highest BCUT2D eigenvalue weighted by Crippen LogP contribution is 2.30. The van der Waals surface area contributed by atoms with Crippen LogP contribution in [0.15, 0.2) is 47.5 Å². The molecule has 0 saturated heterocycles. The first-order valence-electron chi connectivity index (χ1n) is 8.85. The van der Waals surface area contributed by atoms with Gasteiger partial charge in [0.05, 0.1) is 24.0 Å². The smallest absolute Gasteiger partial charge is 0.416 e. The Morgan fingerprint density at radius 1 is 1.21 bits per heavy atom. The van der Waals surface area contributed by atoms with E-state index in [2.05, 4.69) is 4.99 Å². The monoisotopic (exact) mass is 424 g/mol. The molecule has 9 heteroatoms. The molecule has 0 N–H and O–H groups in total. The van der Waals surface area contributed by atoms with Crippen molar-refractivity contribution in [3.8, 4) is 5.75 Å². The van der Waals surface area contributed by atoms with Crippen LogP contribution >= 0.6 is 11.3 Å². The van der Waals surface area contributed by atoms with Crippen molar-refractivity contribution in [1.82, 2.24) is 4.57 Å². The lowest BCUT2D eigenvalue weighted by molar-refractivity contribution is -0.137. The van der Waals surface area contributed by atoms with Crippen molar-refractivity contribution < 1.29 is 27.4 Å². The summed E-state index contributed by atoms with van der Waals surface area (Å²) in [6, 6.07) is 9.73. The third-order valence-corrected chi connectivity index (χ3v) is 5.22. The number of benzene rings is 2. The van der Waals surface area contributed by atoms with E-state index in [0.29, 0.717) is 30.3 Å². The van der Waals surface area contributed by atoms with Crippen molar-refractivity contribution >= 4 is 27.5 Å². The van der Waals surface area contributed by atoms with Crippen LogP contribution < -0.4 is 9.54 Å². The SMILES string of the molecule is CCOCCn1c(=NC(=O)c2cccc(C(F)(F)F)c2)sc2cccc(OC)c21. The molecule has 1 heterocycles. The maximum atomic E-state index is 12.9. The van der Waals surface area contributed by atoms with Crippen LogP contribution in [0.1, 0.15) is 22.8 Å². The van der Waals surface area contributed by atoms with E-state index >= 15 is 0 Å². The van der Waals surface area contributed by atoms with Gasteiger partial charge in [-0.05, 0) is 37.3 Å². The standard InChI is InChI=1S/C20H19F3N2O3S/c1-3-28-11-10-25-17-15(27-2)8-5-9-16(17)29-19(25)24-18(26)13-6-4-7-14(12-13)20(21,22)23/h4-9,12H,3,10-11H2,1-2H3. The normalized spacial score (nSPS) is 12.5. The molecular weight excluding hydrogens is 405 g/mol. The van der Waals surface area contributed by atoms with Gasteiger partial charge in [0.1, 0.15) is 11.3 Å². The van der Waals surface area contributed by atoms with Crippen molar-refractivity contribution in [3.63, 3.8) is 0 Å². The maximum Gasteiger partial charge on any atom is 0.416 e. The zero-order chi connectivity index (χ0) is 21.0. The molecule has 0 aliphatic heterocycles. The van der Waals surface area contributed by atoms with Crippen LogP contribution in [0, 0.1) is 0 Å². The average Bonchev–Trinajstić information content (AvgIpc) is 3.05. The Bertz CT molecular complexity index is 1090. The Balaban J connectivity index is 2.09. The first kappa shape index (κ1) is 21.1. The molecule has 3 rings (SSSR count). The number of nitrogens with zero attached hydrogens (tertiary/aromatic N) is 2. The van der Waals surface area contributed by atoms with Crippen LogP contribution in [0.2, 0.25) is 0 Å². The molecule has 0 bridgehead atoms. The van der Waals surface area contributed by atoms with Crippen molar-refractivity contribution in [3.05, 3.63) is 58.4 Å². The van der Waals surface area contributed by atoms with Crippen LogP contribution in [0.4, 0.5) is 13.2 Å². The lowest BCUT2D eigenvalue weighted by atomic mass is 10.1. The molecule has 154 valence electrons. The number of rotatable bonds is 6. The third kappa shape index (κ3) is 4.68. The highest BCUT2D eigenvalue weighted by Gasteiger charge is 2.30. The average molecular weight is 424 g/mol. The van der Waals surface area contributed by atoms with E-state index in [9.17, 15) is 18.0 Å². The number of fused-ring (bicyclic) bond motifs is 1. The topological polar surface area (TPSA) is 52.8 Å². The van der Waals surface area contributed by atoms with Gasteiger partial charge in [0, 0.05) is 18.7 Å². The van der Waals surface area contributed by atoms with Gasteiger partial charge >= 0.3 is 6.18 Å². The Hall–Kier alpha value is -2.65. The number of aromatic nitrogens is 1. The quantitative estimate of drug-likeness (QED) is 0.547. The molecule has 0 radical (unpaired) electrons. The minimum absolute atomic E-state index is 0.124. The van der Waals surface area contributed by atoms with Gasteiger partial charge < -0.3 is 14.0 Å². The first-order chi connectivity index (χ1) is 13.8. The molecule has 1 aromatic heterocycles. The van der Waals surface area contributed by atoms with Gasteiger partial charge in [-0.1, -0.05) is 23.5 Å². The third-order valence-electron chi connectivity index (χ3n) is 4.18. The van der Waals surface area contributed by atoms with E-state index in [1.165, 1.54) is 23.5 Å². The molecule has 1 amide bonds. The molecule has 0 spiro atoms. The fourth-order valence-corrected chi connectivity index (χ4v) is 3.91. The number of ether oxygens (including phenoxy) is 2. The first-order valence-corrected chi connectivity index (χ1v) is 9.67. The molecule has 0 unspecified atom stereocenters. The second kappa shape index (κ2) is 8.79. The molecule has 0 atom stereocenters. The lowest BCUT2D eigenvalue weighted by Crippen LogP contribution is -2.20. The number of amides is 1. The Morgan fingerprint density at radius 2 is 1.97 bits per heavy atom. The summed E-state index contributed by atoms with van der Waals surface area (Å²) in [5, 5.41) is 0. The predicted molar refractivity (Wildman–Crippen MR) is 104 cm³/mol. The Morgan fingerprint density at radius 3 is 2.66 bits per heavy atom. The van der Waals surface area contributed by atoms with E-state index in [4.69, 9.17) is 9.47 Å². The van der Waals surface area contributed by atoms with Crippen LogP contribution in [-0.4, -0.2) is 30.8 Å². The van der Waals surface area contributed by atoms with Crippen LogP contribution in [0.5, 0.6) is 5.75 Å². The molecule has 2 aromatic carbocycles. The maximum absolute atomic E-state index is 12.9. The summed E-state index contributed by atoms with van der Waals surface area (Å²) in [5.41, 5.74) is -0.253. The second-order valence-corrected chi connectivity index (χ2v) is 7.04. The largest absolute Gasteiger partial charge is 0.495 e. The van der Waals surface area contributed by atoms with Gasteiger partial charge in [-0.3, -0.25) is 4.79 Å². The Labute approximate surface area is 169 Å². The summed E-state index contributed by atoms with van der Waals surface area (Å²) in [6.45, 7) is 3.23. The fourth-order valence-electron chi connectivity index (χ4n) is 2.84. The van der Waals surface area contributed by atoms with Gasteiger partial charge in [0.15, 0.2) is 4.80 Å². The lowest BCUT2D eigenvalue weighted by Gasteiger charge is -2.09. The van der Waals surface area contributed by atoms with E-state index in [1.807, 2.05) is 19.1 Å². The van der Waals surface area contributed by atoms with Crippen LogP contribution in [0.3, 0.4) is 0 Å². The van der Waals surface area contributed by atoms with Crippen molar-refractivity contribution in [2.45, 2.75) is 19.6 Å². The van der Waals surface area contributed by atoms with Gasteiger partial charge in [-0.25, -0.2) is 0 Å². The van der Waals surface area contributed by atoms with Crippen molar-refractivity contribution in [2.75, 3.05) is 20.3 Å². The number of hydrogen-bond donors (Lipinski definition) is 0. The number of halogens is 3. The summed E-state index contributed by atoms with van der Waals surface area (Å²) in [7, 11) is 1.55. The van der Waals surface area contributed by atoms with E-state index < -0.39 is 17.6 Å². The van der Waals surface area contributed by atoms with E-state index in [1.54, 1.807) is 17.7 Å². The molecule has 0 aliphatic rings. The van der Waals surface area contributed by atoms with Crippen LogP contribution in [0.25, 0.3) is 10.2 Å². The number of hydrogen-bond acceptors (Lipinski definition) is 4. The number of carbonyl (C=O) groups excluding carboxylic acids is 1. The van der Waals surface area contributed by atoms with Gasteiger partial charge in [-0.15, -0.1) is 0 Å². The molecule has 3 aromatic rings. The molecular formula is C20H19F3N2O3S. The summed E-state index contributed by atoms with van der Waals surface area (Å²) < 4.78 is 52.3. The minimum atomic E-state index is -4.53. The number of carbonyl (C=O) groups is 1. The van der Waals surface area contributed by atoms with Crippen molar-refractivity contribution in [1.29, 1.82) is 0 Å². The number of thiazole rings is 1. The number of para-hydroxylation sites is 1. The predicted octanol–water partition coefficient (Wildman–Crippen LogP) is 4.51. The summed E-state index contributed by atoms with van der Waals surface area (Å²) >= 11 is 1.26. The highest BCUT2D eigenvalue weighted by atomic mass is 32.1. The van der Waals surface area contributed by atoms with E-state index in [-0.39, 0.29) is 5.56 Å². The number of methoxy groups -OCH3 is 1. The van der Waals surface area contributed by atoms with Gasteiger partial charge in [0.2, 0.25) is 0 Å². The molecule has 5 nitrogen and oxygen atoms in total. The number of alkyl halides is 3. The summed E-state index contributed by atoms with van der Waals surface area (Å²) in [6.07, 6.45) is -4.53. The molecule has 0 fully saturated rings. The van der Waals surface area contributed by atoms with Gasteiger partial charge in [0.25, 0.3) is 5.91 Å². The Kier molecular flexibility index (Phi) is 6.39. The van der Waals surface area contributed by atoms with E-state index in [0.717, 1.165) is 22.3 Å². The molecule has 0 saturated carbocycles. The zero-order valence-corrected chi connectivity index (χ0v) is 16.6. The van der Waals surface area contributed by atoms with Crippen molar-refractivity contribution in [2.24, 2.45) is 4.99 Å². The summed E-state index contributed by atoms with van der Waals surface area (Å²) in [4.78, 5) is 17.1.